The van der Waals surface area contributed by atoms with Crippen LogP contribution in [0.25, 0.3) is 0 Å². The lowest BCUT2D eigenvalue weighted by molar-refractivity contribution is -0.120. The van der Waals surface area contributed by atoms with Gasteiger partial charge >= 0.3 is 0 Å². The molecule has 2 unspecified atom stereocenters. The van der Waals surface area contributed by atoms with E-state index in [1.54, 1.807) is 6.92 Å². The fraction of sp³-hybridized carbons (Fsp3) is 0.857. The number of carbonyl (C=O) groups excluding carboxylic acids is 1. The summed E-state index contributed by atoms with van der Waals surface area (Å²) in [5, 5.41) is 9.00. The largest absolute Gasteiger partial charge is 0.393 e. The topological polar surface area (TPSA) is 37.3 Å². The predicted molar refractivity (Wildman–Crippen MR) is 34.0 cm³/mol. The van der Waals surface area contributed by atoms with Gasteiger partial charge in [0.05, 0.1) is 6.10 Å². The molecule has 0 aliphatic heterocycles. The van der Waals surface area contributed by atoms with Crippen molar-refractivity contribution in [3.63, 3.8) is 0 Å². The molecule has 1 fully saturated rings. The molecule has 9 heavy (non-hydrogen) atoms. The van der Waals surface area contributed by atoms with E-state index in [2.05, 4.69) is 0 Å². The van der Waals surface area contributed by atoms with E-state index in [0.29, 0.717) is 6.42 Å². The molecule has 1 rings (SSSR count). The second-order valence-electron chi connectivity index (χ2n) is 2.77. The minimum atomic E-state index is -0.209. The van der Waals surface area contributed by atoms with Crippen molar-refractivity contribution in [1.82, 2.24) is 0 Å². The van der Waals surface area contributed by atoms with Crippen LogP contribution in [0, 0.1) is 5.92 Å². The molecule has 1 saturated carbocycles. The number of ketones is 1. The second-order valence-corrected chi connectivity index (χ2v) is 2.77. The van der Waals surface area contributed by atoms with Gasteiger partial charge in [-0.3, -0.25) is 4.79 Å². The van der Waals surface area contributed by atoms with E-state index < -0.39 is 0 Å². The van der Waals surface area contributed by atoms with Gasteiger partial charge in [0.15, 0.2) is 0 Å². The third-order valence-corrected chi connectivity index (χ3v) is 1.98. The van der Waals surface area contributed by atoms with Crippen LogP contribution in [-0.2, 0) is 4.79 Å². The second kappa shape index (κ2) is 2.48. The Labute approximate surface area is 54.9 Å². The third kappa shape index (κ3) is 1.52. The normalized spacial score (nSPS) is 34.9. The van der Waals surface area contributed by atoms with E-state index in [1.165, 1.54) is 0 Å². The Morgan fingerprint density at radius 2 is 2.22 bits per heavy atom. The number of rotatable bonds is 1. The van der Waals surface area contributed by atoms with E-state index in [9.17, 15) is 4.79 Å². The number of hydrogen-bond acceptors (Lipinski definition) is 2. The predicted octanol–water partition coefficient (Wildman–Crippen LogP) is 0.736. The van der Waals surface area contributed by atoms with Gasteiger partial charge in [-0.15, -0.1) is 0 Å². The first-order valence-electron chi connectivity index (χ1n) is 3.38. The standard InChI is InChI=1S/C7H12O2/c1-5(8)6-2-3-7(9)4-6/h6-7,9H,2-4H2,1H3. The van der Waals surface area contributed by atoms with Gasteiger partial charge in [-0.1, -0.05) is 0 Å². The van der Waals surface area contributed by atoms with Crippen molar-refractivity contribution in [3.05, 3.63) is 0 Å². The molecule has 1 N–H and O–H groups in total. The Bertz CT molecular complexity index is 120. The summed E-state index contributed by atoms with van der Waals surface area (Å²) < 4.78 is 0. The molecule has 1 aliphatic carbocycles. The third-order valence-electron chi connectivity index (χ3n) is 1.98. The highest BCUT2D eigenvalue weighted by Crippen LogP contribution is 2.25. The van der Waals surface area contributed by atoms with Crippen LogP contribution in [0.15, 0.2) is 0 Å². The van der Waals surface area contributed by atoms with Crippen LogP contribution in [0.4, 0.5) is 0 Å². The van der Waals surface area contributed by atoms with Gasteiger partial charge in [-0.2, -0.15) is 0 Å². The van der Waals surface area contributed by atoms with Gasteiger partial charge in [0.25, 0.3) is 0 Å². The average molecular weight is 128 g/mol. The van der Waals surface area contributed by atoms with E-state index in [1.807, 2.05) is 0 Å². The van der Waals surface area contributed by atoms with Crippen molar-refractivity contribution in [1.29, 1.82) is 0 Å². The molecular weight excluding hydrogens is 116 g/mol. The molecule has 2 atom stereocenters. The van der Waals surface area contributed by atoms with Crippen molar-refractivity contribution in [2.45, 2.75) is 32.3 Å². The summed E-state index contributed by atoms with van der Waals surface area (Å²) in [4.78, 5) is 10.7. The maximum absolute atomic E-state index is 10.7. The molecule has 1 aliphatic rings. The summed E-state index contributed by atoms with van der Waals surface area (Å²) in [6.45, 7) is 1.60. The van der Waals surface area contributed by atoms with Crippen molar-refractivity contribution >= 4 is 5.78 Å². The van der Waals surface area contributed by atoms with E-state index in [-0.39, 0.29) is 17.8 Å². The number of Topliss-reactive ketones (excluding diaryl/α,β-unsaturated/α-hetero) is 1. The molecular formula is C7H12O2. The first-order chi connectivity index (χ1) is 4.20. The minimum Gasteiger partial charge on any atom is -0.393 e. The lowest BCUT2D eigenvalue weighted by atomic mass is 10.0. The summed E-state index contributed by atoms with van der Waals surface area (Å²) in [6.07, 6.45) is 2.18. The molecule has 52 valence electrons. The lowest BCUT2D eigenvalue weighted by Crippen LogP contribution is -2.07. The quantitative estimate of drug-likeness (QED) is 0.565. The van der Waals surface area contributed by atoms with E-state index in [0.717, 1.165) is 12.8 Å². The summed E-state index contributed by atoms with van der Waals surface area (Å²) in [6, 6.07) is 0. The molecule has 0 amide bonds. The van der Waals surface area contributed by atoms with Gasteiger partial charge in [-0.25, -0.2) is 0 Å². The molecule has 0 bridgehead atoms. The van der Waals surface area contributed by atoms with Gasteiger partial charge in [0.1, 0.15) is 5.78 Å². The van der Waals surface area contributed by atoms with Crippen LogP contribution in [0.5, 0.6) is 0 Å². The Balaban J connectivity index is 2.39. The molecule has 0 heterocycles. The van der Waals surface area contributed by atoms with Crippen LogP contribution in [0.1, 0.15) is 26.2 Å². The number of carbonyl (C=O) groups is 1. The Morgan fingerprint density at radius 1 is 1.56 bits per heavy atom. The Morgan fingerprint density at radius 3 is 2.44 bits per heavy atom. The molecule has 0 aromatic rings. The average Bonchev–Trinajstić information content (AvgIpc) is 2.14. The fourth-order valence-electron chi connectivity index (χ4n) is 1.33. The Kier molecular flexibility index (Phi) is 1.86. The minimum absolute atomic E-state index is 0.153. The van der Waals surface area contributed by atoms with Gasteiger partial charge < -0.3 is 5.11 Å². The summed E-state index contributed by atoms with van der Waals surface area (Å²) >= 11 is 0. The molecule has 2 heteroatoms. The SMILES string of the molecule is CC(=O)C1CCC(O)C1. The van der Waals surface area contributed by atoms with Gasteiger partial charge in [0.2, 0.25) is 0 Å². The zero-order chi connectivity index (χ0) is 6.85. The van der Waals surface area contributed by atoms with Crippen LogP contribution in [-0.4, -0.2) is 17.0 Å². The maximum atomic E-state index is 10.7. The van der Waals surface area contributed by atoms with E-state index in [4.69, 9.17) is 5.11 Å². The Hall–Kier alpha value is -0.370. The van der Waals surface area contributed by atoms with Crippen LogP contribution < -0.4 is 0 Å². The molecule has 0 aromatic carbocycles. The molecule has 0 radical (unpaired) electrons. The number of hydrogen-bond donors (Lipinski definition) is 1. The molecule has 0 aromatic heterocycles. The molecule has 2 nitrogen and oxygen atoms in total. The summed E-state index contributed by atoms with van der Waals surface area (Å²) in [5.41, 5.74) is 0. The van der Waals surface area contributed by atoms with Gasteiger partial charge in [0, 0.05) is 5.92 Å². The number of aliphatic hydroxyl groups is 1. The van der Waals surface area contributed by atoms with Crippen LogP contribution in [0.2, 0.25) is 0 Å². The highest BCUT2D eigenvalue weighted by molar-refractivity contribution is 5.78. The molecule has 0 saturated heterocycles. The zero-order valence-electron chi connectivity index (χ0n) is 5.63. The van der Waals surface area contributed by atoms with Crippen molar-refractivity contribution < 1.29 is 9.90 Å². The van der Waals surface area contributed by atoms with Crippen molar-refractivity contribution in [2.24, 2.45) is 5.92 Å². The van der Waals surface area contributed by atoms with Crippen molar-refractivity contribution in [2.75, 3.05) is 0 Å². The highest BCUT2D eigenvalue weighted by Gasteiger charge is 2.25. The molecule has 0 spiro atoms. The van der Waals surface area contributed by atoms with Crippen molar-refractivity contribution in [3.8, 4) is 0 Å². The first-order valence-corrected chi connectivity index (χ1v) is 3.38. The smallest absolute Gasteiger partial charge is 0.133 e. The maximum Gasteiger partial charge on any atom is 0.133 e. The zero-order valence-corrected chi connectivity index (χ0v) is 5.63. The van der Waals surface area contributed by atoms with Gasteiger partial charge in [-0.05, 0) is 26.2 Å². The lowest BCUT2D eigenvalue weighted by Gasteiger charge is -2.01. The summed E-state index contributed by atoms with van der Waals surface area (Å²) in [7, 11) is 0. The van der Waals surface area contributed by atoms with E-state index >= 15 is 0 Å². The highest BCUT2D eigenvalue weighted by atomic mass is 16.3. The van der Waals surface area contributed by atoms with Crippen LogP contribution in [0.3, 0.4) is 0 Å². The first kappa shape index (κ1) is 6.75. The monoisotopic (exact) mass is 128 g/mol. The fourth-order valence-corrected chi connectivity index (χ4v) is 1.33. The number of aliphatic hydroxyl groups excluding tert-OH is 1. The summed E-state index contributed by atoms with van der Waals surface area (Å²) in [5.74, 6) is 0.381. The van der Waals surface area contributed by atoms with Crippen LogP contribution >= 0.6 is 0 Å².